The SMILES string of the molecule is NC(=O)O.NC(=O)O.[Zn]. The smallest absolute Gasteiger partial charge is 0.402 e. The fourth-order valence-electron chi connectivity index (χ4n) is 0. The van der Waals surface area contributed by atoms with Gasteiger partial charge < -0.3 is 21.7 Å². The van der Waals surface area contributed by atoms with Crippen LogP contribution in [0.4, 0.5) is 9.59 Å². The summed E-state index contributed by atoms with van der Waals surface area (Å²) in [5.74, 6) is 0. The van der Waals surface area contributed by atoms with Crippen LogP contribution < -0.4 is 11.5 Å². The molecule has 0 aromatic carbocycles. The van der Waals surface area contributed by atoms with Gasteiger partial charge in [0.2, 0.25) is 0 Å². The summed E-state index contributed by atoms with van der Waals surface area (Å²) in [6.07, 6.45) is -2.67. The first-order valence-corrected chi connectivity index (χ1v) is 1.43. The molecule has 0 unspecified atom stereocenters. The van der Waals surface area contributed by atoms with Crippen molar-refractivity contribution < 1.29 is 39.3 Å². The second kappa shape index (κ2) is 10.2. The van der Waals surface area contributed by atoms with Crippen molar-refractivity contribution in [3.63, 3.8) is 0 Å². The van der Waals surface area contributed by atoms with Crippen LogP contribution in [0, 0.1) is 0 Å². The minimum Gasteiger partial charge on any atom is -0.465 e. The largest absolute Gasteiger partial charge is 0.465 e. The number of nitrogens with two attached hydrogens (primary N) is 2. The summed E-state index contributed by atoms with van der Waals surface area (Å²) in [4.78, 5) is 17.6. The molecule has 6 nitrogen and oxygen atoms in total. The summed E-state index contributed by atoms with van der Waals surface area (Å²) in [6.45, 7) is 0. The molecular weight excluding hydrogens is 181 g/mol. The van der Waals surface area contributed by atoms with Gasteiger partial charge in [-0.2, -0.15) is 0 Å². The molecule has 0 aromatic rings. The van der Waals surface area contributed by atoms with Crippen LogP contribution in [0.3, 0.4) is 0 Å². The van der Waals surface area contributed by atoms with Crippen LogP contribution in [0.25, 0.3) is 0 Å². The summed E-state index contributed by atoms with van der Waals surface area (Å²) in [7, 11) is 0. The third-order valence-electron chi connectivity index (χ3n) is 0. The molecule has 6 N–H and O–H groups in total. The van der Waals surface area contributed by atoms with Crippen molar-refractivity contribution in [3.8, 4) is 0 Å². The molecule has 50 valence electrons. The average molecular weight is 187 g/mol. The van der Waals surface area contributed by atoms with Gasteiger partial charge in [0, 0.05) is 19.5 Å². The fourth-order valence-corrected chi connectivity index (χ4v) is 0. The van der Waals surface area contributed by atoms with Crippen molar-refractivity contribution in [1.82, 2.24) is 0 Å². The molecule has 0 aliphatic carbocycles. The fraction of sp³-hybridized carbons (Fsp3) is 0. The molecule has 0 rings (SSSR count). The Bertz CT molecular complexity index is 74.6. The zero-order valence-corrected chi connectivity index (χ0v) is 7.54. The maximum Gasteiger partial charge on any atom is 0.402 e. The van der Waals surface area contributed by atoms with E-state index in [1.807, 2.05) is 0 Å². The number of amides is 2. The van der Waals surface area contributed by atoms with Crippen LogP contribution in [0.1, 0.15) is 0 Å². The third-order valence-corrected chi connectivity index (χ3v) is 0. The van der Waals surface area contributed by atoms with Crippen molar-refractivity contribution >= 4 is 12.2 Å². The Labute approximate surface area is 63.6 Å². The molecule has 2 amide bonds. The first kappa shape index (κ1) is 15.7. The number of carboxylic acid groups (broad SMARTS) is 2. The molecule has 0 aromatic heterocycles. The zero-order chi connectivity index (χ0) is 7.15. The Morgan fingerprint density at radius 2 is 1.00 bits per heavy atom. The van der Waals surface area contributed by atoms with Gasteiger partial charge in [-0.3, -0.25) is 0 Å². The Kier molecular flexibility index (Phi) is 17.8. The number of rotatable bonds is 0. The van der Waals surface area contributed by atoms with Crippen LogP contribution in [0.15, 0.2) is 0 Å². The van der Waals surface area contributed by atoms with Gasteiger partial charge in [0.15, 0.2) is 0 Å². The van der Waals surface area contributed by atoms with E-state index >= 15 is 0 Å². The second-order valence-corrected chi connectivity index (χ2v) is 0.676. The summed E-state index contributed by atoms with van der Waals surface area (Å²) < 4.78 is 0. The summed E-state index contributed by atoms with van der Waals surface area (Å²) in [6, 6.07) is 0. The molecule has 0 bridgehead atoms. The average Bonchev–Trinajstić information content (AvgIpc) is 1.25. The summed E-state index contributed by atoms with van der Waals surface area (Å²) in [5.41, 5.74) is 8.06. The van der Waals surface area contributed by atoms with Crippen LogP contribution in [0.5, 0.6) is 0 Å². The van der Waals surface area contributed by atoms with E-state index in [9.17, 15) is 0 Å². The van der Waals surface area contributed by atoms with E-state index in [4.69, 9.17) is 19.8 Å². The normalized spacial score (nSPS) is 5.33. The van der Waals surface area contributed by atoms with Gasteiger partial charge in [-0.1, -0.05) is 0 Å². The van der Waals surface area contributed by atoms with Gasteiger partial charge in [0.1, 0.15) is 0 Å². The maximum absolute atomic E-state index is 8.78. The predicted octanol–water partition coefficient (Wildman–Crippen LogP) is -0.756. The van der Waals surface area contributed by atoms with Gasteiger partial charge in [-0.05, 0) is 0 Å². The van der Waals surface area contributed by atoms with Crippen molar-refractivity contribution in [2.45, 2.75) is 0 Å². The van der Waals surface area contributed by atoms with E-state index in [0.29, 0.717) is 0 Å². The molecule has 0 aliphatic rings. The standard InChI is InChI=1S/2CH3NO2.Zn/c2*2-1(3)4;/h2*2H2,(H,3,4);. The number of hydrogen-bond acceptors (Lipinski definition) is 2. The van der Waals surface area contributed by atoms with Crippen LogP contribution in [-0.2, 0) is 19.5 Å². The Balaban J connectivity index is -0.0000000720. The Hall–Kier alpha value is -0.837. The number of hydrogen-bond donors (Lipinski definition) is 4. The van der Waals surface area contributed by atoms with Crippen LogP contribution >= 0.6 is 0 Å². The van der Waals surface area contributed by atoms with Gasteiger partial charge in [0.25, 0.3) is 0 Å². The van der Waals surface area contributed by atoms with Crippen LogP contribution in [0.2, 0.25) is 0 Å². The first-order chi connectivity index (χ1) is 3.46. The first-order valence-electron chi connectivity index (χ1n) is 1.43. The van der Waals surface area contributed by atoms with Gasteiger partial charge in [0.05, 0.1) is 0 Å². The topological polar surface area (TPSA) is 127 Å². The quantitative estimate of drug-likeness (QED) is 0.372. The molecular formula is C2H6N2O4Zn. The molecule has 0 atom stereocenters. The van der Waals surface area contributed by atoms with Crippen molar-refractivity contribution in [1.29, 1.82) is 0 Å². The van der Waals surface area contributed by atoms with E-state index in [1.54, 1.807) is 0 Å². The zero-order valence-electron chi connectivity index (χ0n) is 4.57. The Morgan fingerprint density at radius 1 is 1.00 bits per heavy atom. The second-order valence-electron chi connectivity index (χ2n) is 0.676. The molecule has 9 heavy (non-hydrogen) atoms. The monoisotopic (exact) mass is 186 g/mol. The third kappa shape index (κ3) is 273. The Morgan fingerprint density at radius 3 is 1.00 bits per heavy atom. The maximum atomic E-state index is 8.78. The number of carbonyl (C=O) groups is 2. The summed E-state index contributed by atoms with van der Waals surface area (Å²) >= 11 is 0. The van der Waals surface area contributed by atoms with E-state index in [1.165, 1.54) is 0 Å². The van der Waals surface area contributed by atoms with Gasteiger partial charge in [-0.15, -0.1) is 0 Å². The van der Waals surface area contributed by atoms with Crippen LogP contribution in [-0.4, -0.2) is 22.4 Å². The van der Waals surface area contributed by atoms with Crippen molar-refractivity contribution in [2.24, 2.45) is 11.5 Å². The molecule has 0 radical (unpaired) electrons. The van der Waals surface area contributed by atoms with Gasteiger partial charge >= 0.3 is 12.2 Å². The van der Waals surface area contributed by atoms with E-state index in [2.05, 4.69) is 11.5 Å². The molecule has 0 fully saturated rings. The number of primary amides is 2. The minimum atomic E-state index is -1.33. The summed E-state index contributed by atoms with van der Waals surface area (Å²) in [5, 5.41) is 14.4. The van der Waals surface area contributed by atoms with E-state index < -0.39 is 12.2 Å². The predicted molar refractivity (Wildman–Crippen MR) is 24.4 cm³/mol. The minimum absolute atomic E-state index is 0. The molecule has 7 heteroatoms. The van der Waals surface area contributed by atoms with Crippen molar-refractivity contribution in [3.05, 3.63) is 0 Å². The molecule has 0 aliphatic heterocycles. The molecule has 0 saturated heterocycles. The molecule has 0 spiro atoms. The van der Waals surface area contributed by atoms with E-state index in [0.717, 1.165) is 0 Å². The van der Waals surface area contributed by atoms with Crippen molar-refractivity contribution in [2.75, 3.05) is 0 Å². The van der Waals surface area contributed by atoms with E-state index in [-0.39, 0.29) is 19.5 Å². The molecule has 0 heterocycles. The molecule has 0 saturated carbocycles. The van der Waals surface area contributed by atoms with Gasteiger partial charge in [-0.25, -0.2) is 9.59 Å².